The number of hydrogen-bond donors (Lipinski definition) is 1. The summed E-state index contributed by atoms with van der Waals surface area (Å²) >= 11 is 0. The van der Waals surface area contributed by atoms with Crippen molar-refractivity contribution in [2.24, 2.45) is 0 Å². The SMILES string of the molecule is COc1ccc(NC(=O)c2ccc(C(=O)N(C)CCc3ccncc3)cc2)cc1. The van der Waals surface area contributed by atoms with Crippen molar-refractivity contribution in [3.63, 3.8) is 0 Å². The number of aromatic nitrogens is 1. The average Bonchev–Trinajstić information content (AvgIpc) is 2.78. The summed E-state index contributed by atoms with van der Waals surface area (Å²) in [4.78, 5) is 30.7. The predicted octanol–water partition coefficient (Wildman–Crippen LogP) is 3.66. The van der Waals surface area contributed by atoms with Crippen LogP contribution in [0.5, 0.6) is 5.75 Å². The minimum atomic E-state index is -0.236. The fraction of sp³-hybridized carbons (Fsp3) is 0.174. The third-order valence-corrected chi connectivity index (χ3v) is 4.57. The van der Waals surface area contributed by atoms with E-state index in [-0.39, 0.29) is 11.8 Å². The summed E-state index contributed by atoms with van der Waals surface area (Å²) in [6, 6.07) is 17.6. The summed E-state index contributed by atoms with van der Waals surface area (Å²) in [5.74, 6) is 0.403. The second-order valence-electron chi connectivity index (χ2n) is 6.59. The Bertz CT molecular complexity index is 955. The zero-order chi connectivity index (χ0) is 20.6. The molecule has 2 aromatic carbocycles. The van der Waals surface area contributed by atoms with E-state index in [1.54, 1.807) is 80.0 Å². The first-order valence-corrected chi connectivity index (χ1v) is 9.26. The third-order valence-electron chi connectivity index (χ3n) is 4.57. The summed E-state index contributed by atoms with van der Waals surface area (Å²) in [6.07, 6.45) is 4.24. The van der Waals surface area contributed by atoms with E-state index in [4.69, 9.17) is 4.74 Å². The lowest BCUT2D eigenvalue weighted by atomic mass is 10.1. The number of methoxy groups -OCH3 is 1. The quantitative estimate of drug-likeness (QED) is 0.669. The number of carbonyl (C=O) groups excluding carboxylic acids is 2. The van der Waals surface area contributed by atoms with Crippen LogP contribution < -0.4 is 10.1 Å². The van der Waals surface area contributed by atoms with E-state index in [0.717, 1.165) is 17.7 Å². The zero-order valence-electron chi connectivity index (χ0n) is 16.5. The molecule has 1 N–H and O–H groups in total. The van der Waals surface area contributed by atoms with Gasteiger partial charge in [0.1, 0.15) is 5.75 Å². The maximum Gasteiger partial charge on any atom is 0.255 e. The van der Waals surface area contributed by atoms with Crippen molar-refractivity contribution in [3.05, 3.63) is 89.7 Å². The molecule has 0 radical (unpaired) electrons. The van der Waals surface area contributed by atoms with Gasteiger partial charge >= 0.3 is 0 Å². The molecule has 0 fully saturated rings. The van der Waals surface area contributed by atoms with Crippen LogP contribution in [-0.2, 0) is 6.42 Å². The number of anilines is 1. The fourth-order valence-corrected chi connectivity index (χ4v) is 2.81. The van der Waals surface area contributed by atoms with Crippen molar-refractivity contribution in [2.75, 3.05) is 26.0 Å². The van der Waals surface area contributed by atoms with E-state index < -0.39 is 0 Å². The summed E-state index contributed by atoms with van der Waals surface area (Å²) in [5, 5.41) is 2.82. The Kier molecular flexibility index (Phi) is 6.58. The normalized spacial score (nSPS) is 10.3. The zero-order valence-corrected chi connectivity index (χ0v) is 16.5. The Hall–Kier alpha value is -3.67. The van der Waals surface area contributed by atoms with Crippen LogP contribution in [0, 0.1) is 0 Å². The summed E-state index contributed by atoms with van der Waals surface area (Å²) in [7, 11) is 3.36. The molecule has 1 heterocycles. The minimum Gasteiger partial charge on any atom is -0.497 e. The maximum atomic E-state index is 12.6. The molecule has 0 aliphatic heterocycles. The molecule has 0 spiro atoms. The molecule has 0 bridgehead atoms. The number of rotatable bonds is 7. The van der Waals surface area contributed by atoms with Crippen LogP contribution >= 0.6 is 0 Å². The average molecular weight is 389 g/mol. The minimum absolute atomic E-state index is 0.0823. The molecule has 2 amide bonds. The molecule has 0 aliphatic rings. The number of ether oxygens (including phenoxy) is 1. The first-order valence-electron chi connectivity index (χ1n) is 9.26. The van der Waals surface area contributed by atoms with Gasteiger partial charge in [-0.25, -0.2) is 0 Å². The summed E-state index contributed by atoms with van der Waals surface area (Å²) in [5.41, 5.74) is 2.83. The van der Waals surface area contributed by atoms with Crippen molar-refractivity contribution in [3.8, 4) is 5.75 Å². The highest BCUT2D eigenvalue weighted by Crippen LogP contribution is 2.16. The van der Waals surface area contributed by atoms with Crippen molar-refractivity contribution in [1.82, 2.24) is 9.88 Å². The van der Waals surface area contributed by atoms with E-state index >= 15 is 0 Å². The van der Waals surface area contributed by atoms with Gasteiger partial charge in [-0.3, -0.25) is 14.6 Å². The van der Waals surface area contributed by atoms with Gasteiger partial charge in [0.15, 0.2) is 0 Å². The lowest BCUT2D eigenvalue weighted by Crippen LogP contribution is -2.28. The molecule has 0 saturated heterocycles. The van der Waals surface area contributed by atoms with Crippen LogP contribution in [0.3, 0.4) is 0 Å². The molecule has 0 saturated carbocycles. The smallest absolute Gasteiger partial charge is 0.255 e. The molecule has 1 aromatic heterocycles. The van der Waals surface area contributed by atoms with Crippen molar-refractivity contribution >= 4 is 17.5 Å². The molecular weight excluding hydrogens is 366 g/mol. The Morgan fingerprint density at radius 2 is 1.55 bits per heavy atom. The number of benzene rings is 2. The summed E-state index contributed by atoms with van der Waals surface area (Å²) < 4.78 is 5.10. The van der Waals surface area contributed by atoms with E-state index in [1.165, 1.54) is 0 Å². The van der Waals surface area contributed by atoms with Gasteiger partial charge in [0, 0.05) is 42.8 Å². The molecule has 3 rings (SSSR count). The van der Waals surface area contributed by atoms with Gasteiger partial charge in [-0.15, -0.1) is 0 Å². The van der Waals surface area contributed by atoms with Crippen LogP contribution in [0.4, 0.5) is 5.69 Å². The lowest BCUT2D eigenvalue weighted by molar-refractivity contribution is 0.0796. The Labute approximate surface area is 170 Å². The standard InChI is InChI=1S/C23H23N3O3/c1-26(16-13-17-11-14-24-15-12-17)23(28)19-5-3-18(4-6-19)22(27)25-20-7-9-21(29-2)10-8-20/h3-12,14-15H,13,16H2,1-2H3,(H,25,27). The van der Waals surface area contributed by atoms with E-state index in [2.05, 4.69) is 10.3 Å². The Morgan fingerprint density at radius 3 is 2.17 bits per heavy atom. The molecule has 6 heteroatoms. The van der Waals surface area contributed by atoms with E-state index in [0.29, 0.717) is 23.4 Å². The first-order chi connectivity index (χ1) is 14.1. The number of carbonyl (C=O) groups is 2. The molecule has 29 heavy (non-hydrogen) atoms. The van der Waals surface area contributed by atoms with Gasteiger partial charge in [0.2, 0.25) is 0 Å². The second-order valence-corrected chi connectivity index (χ2v) is 6.59. The highest BCUT2D eigenvalue weighted by Gasteiger charge is 2.13. The molecule has 0 atom stereocenters. The van der Waals surface area contributed by atoms with Gasteiger partial charge in [0.25, 0.3) is 11.8 Å². The largest absolute Gasteiger partial charge is 0.497 e. The van der Waals surface area contributed by atoms with E-state index in [1.807, 2.05) is 12.1 Å². The highest BCUT2D eigenvalue weighted by molar-refractivity contribution is 6.05. The van der Waals surface area contributed by atoms with Crippen LogP contribution in [-0.4, -0.2) is 42.4 Å². The van der Waals surface area contributed by atoms with Crippen molar-refractivity contribution < 1.29 is 14.3 Å². The topological polar surface area (TPSA) is 71.5 Å². The lowest BCUT2D eigenvalue weighted by Gasteiger charge is -2.17. The second kappa shape index (κ2) is 9.50. The van der Waals surface area contributed by atoms with Crippen LogP contribution in [0.15, 0.2) is 73.1 Å². The fourth-order valence-electron chi connectivity index (χ4n) is 2.81. The van der Waals surface area contributed by atoms with E-state index in [9.17, 15) is 9.59 Å². The Morgan fingerprint density at radius 1 is 0.931 bits per heavy atom. The van der Waals surface area contributed by atoms with Gasteiger partial charge in [-0.05, 0) is 72.6 Å². The van der Waals surface area contributed by atoms with Crippen molar-refractivity contribution in [1.29, 1.82) is 0 Å². The number of amides is 2. The Balaban J connectivity index is 1.57. The molecular formula is C23H23N3O3. The van der Waals surface area contributed by atoms with Gasteiger partial charge in [-0.1, -0.05) is 0 Å². The van der Waals surface area contributed by atoms with Gasteiger partial charge < -0.3 is 15.0 Å². The molecule has 3 aromatic rings. The number of nitrogens with zero attached hydrogens (tertiary/aromatic N) is 2. The third kappa shape index (κ3) is 5.42. The molecule has 148 valence electrons. The molecule has 6 nitrogen and oxygen atoms in total. The van der Waals surface area contributed by atoms with Crippen LogP contribution in [0.2, 0.25) is 0 Å². The molecule has 0 aliphatic carbocycles. The van der Waals surface area contributed by atoms with Crippen LogP contribution in [0.25, 0.3) is 0 Å². The predicted molar refractivity (Wildman–Crippen MR) is 112 cm³/mol. The maximum absolute atomic E-state index is 12.6. The summed E-state index contributed by atoms with van der Waals surface area (Å²) in [6.45, 7) is 0.600. The van der Waals surface area contributed by atoms with Crippen molar-refractivity contribution in [2.45, 2.75) is 6.42 Å². The number of hydrogen-bond acceptors (Lipinski definition) is 4. The molecule has 0 unspecified atom stereocenters. The number of likely N-dealkylation sites (N-methyl/N-ethyl adjacent to an activating group) is 1. The van der Waals surface area contributed by atoms with Gasteiger partial charge in [0.05, 0.1) is 7.11 Å². The first kappa shape index (κ1) is 20.1. The number of nitrogens with one attached hydrogen (secondary N) is 1. The van der Waals surface area contributed by atoms with Crippen LogP contribution in [0.1, 0.15) is 26.3 Å². The monoisotopic (exact) mass is 389 g/mol. The number of pyridine rings is 1. The van der Waals surface area contributed by atoms with Gasteiger partial charge in [-0.2, -0.15) is 0 Å². The highest BCUT2D eigenvalue weighted by atomic mass is 16.5.